The number of rotatable bonds is 5. The van der Waals surface area contributed by atoms with Crippen molar-refractivity contribution in [2.75, 3.05) is 0 Å². The maximum Gasteiger partial charge on any atom is 0.406 e. The lowest BCUT2D eigenvalue weighted by Gasteiger charge is -2.03. The number of hydrazine groups is 1. The summed E-state index contributed by atoms with van der Waals surface area (Å²) in [4.78, 5) is 24.9. The van der Waals surface area contributed by atoms with E-state index in [9.17, 15) is 14.9 Å². The summed E-state index contributed by atoms with van der Waals surface area (Å²) in [6, 6.07) is 4.35. The third kappa shape index (κ3) is 2.90. The minimum absolute atomic E-state index is 0.0127. The zero-order valence-corrected chi connectivity index (χ0v) is 10.1. The second kappa shape index (κ2) is 5.80. The number of nitrogens with two attached hydrogens (primary N) is 1. The molecular formula is C11H10N4O5. The van der Waals surface area contributed by atoms with Crippen molar-refractivity contribution in [3.05, 3.63) is 52.1 Å². The van der Waals surface area contributed by atoms with Crippen molar-refractivity contribution in [1.82, 2.24) is 10.4 Å². The molecule has 0 saturated heterocycles. The minimum Gasteiger partial charge on any atom is -0.477 e. The predicted octanol–water partition coefficient (Wildman–Crippen LogP) is 0.765. The summed E-state index contributed by atoms with van der Waals surface area (Å²) in [6.07, 6.45) is 2.50. The summed E-state index contributed by atoms with van der Waals surface area (Å²) in [5.41, 5.74) is 2.18. The van der Waals surface area contributed by atoms with Gasteiger partial charge in [0.05, 0.1) is 5.56 Å². The summed E-state index contributed by atoms with van der Waals surface area (Å²) >= 11 is 0. The molecule has 2 aromatic heterocycles. The van der Waals surface area contributed by atoms with E-state index in [1.165, 1.54) is 30.7 Å². The van der Waals surface area contributed by atoms with Gasteiger partial charge in [-0.05, 0) is 28.1 Å². The summed E-state index contributed by atoms with van der Waals surface area (Å²) in [6.45, 7) is -0.0790. The zero-order valence-electron chi connectivity index (χ0n) is 10.1. The molecule has 2 heterocycles. The molecule has 0 unspecified atom stereocenters. The van der Waals surface area contributed by atoms with E-state index >= 15 is 0 Å². The highest BCUT2D eigenvalue weighted by Crippen LogP contribution is 2.24. The second-order valence-corrected chi connectivity index (χ2v) is 3.65. The molecule has 0 atom stereocenters. The summed E-state index contributed by atoms with van der Waals surface area (Å²) in [5.74, 6) is 4.41. The second-order valence-electron chi connectivity index (χ2n) is 3.65. The van der Waals surface area contributed by atoms with Crippen molar-refractivity contribution < 1.29 is 18.9 Å². The van der Waals surface area contributed by atoms with Crippen LogP contribution in [0.15, 0.2) is 35.1 Å². The van der Waals surface area contributed by atoms with Crippen LogP contribution in [-0.4, -0.2) is 15.8 Å². The first-order valence-corrected chi connectivity index (χ1v) is 5.42. The van der Waals surface area contributed by atoms with E-state index in [1.54, 1.807) is 0 Å². The van der Waals surface area contributed by atoms with Crippen LogP contribution in [0.3, 0.4) is 0 Å². The fourth-order valence-electron chi connectivity index (χ4n) is 1.44. The number of pyridine rings is 1. The first kappa shape index (κ1) is 13.5. The van der Waals surface area contributed by atoms with Crippen LogP contribution < -0.4 is 16.0 Å². The molecule has 0 aliphatic carbocycles. The molecule has 0 bridgehead atoms. The molecule has 2 rings (SSSR count). The monoisotopic (exact) mass is 278 g/mol. The van der Waals surface area contributed by atoms with Gasteiger partial charge >= 0.3 is 5.82 Å². The number of carbonyl (C=O) groups excluding carboxylic acids is 1. The Morgan fingerprint density at radius 3 is 3.10 bits per heavy atom. The number of amides is 1. The van der Waals surface area contributed by atoms with Gasteiger partial charge in [0.1, 0.15) is 24.8 Å². The summed E-state index contributed by atoms with van der Waals surface area (Å²) < 4.78 is 10.3. The van der Waals surface area contributed by atoms with Crippen LogP contribution in [0.25, 0.3) is 0 Å². The first-order valence-electron chi connectivity index (χ1n) is 5.42. The number of nitrogen functional groups attached to an aromatic ring is 1. The van der Waals surface area contributed by atoms with E-state index in [1.807, 2.05) is 5.43 Å². The van der Waals surface area contributed by atoms with Crippen LogP contribution in [0.4, 0.5) is 5.82 Å². The Labute approximate surface area is 112 Å². The smallest absolute Gasteiger partial charge is 0.406 e. The topological polar surface area (TPSA) is 134 Å². The normalized spacial score (nSPS) is 10.1. The van der Waals surface area contributed by atoms with Crippen LogP contribution in [0.5, 0.6) is 5.75 Å². The van der Waals surface area contributed by atoms with Gasteiger partial charge in [-0.1, -0.05) is 0 Å². The van der Waals surface area contributed by atoms with Crippen LogP contribution in [0.2, 0.25) is 0 Å². The lowest BCUT2D eigenvalue weighted by molar-refractivity contribution is -0.390. The molecule has 2 aromatic rings. The molecule has 0 radical (unpaired) electrons. The number of furan rings is 1. The highest BCUT2D eigenvalue weighted by molar-refractivity contribution is 5.93. The Hall–Kier alpha value is -2.94. The van der Waals surface area contributed by atoms with Gasteiger partial charge in [-0.15, -0.1) is 0 Å². The number of hydrogen-bond acceptors (Lipinski definition) is 7. The van der Waals surface area contributed by atoms with Gasteiger partial charge in [-0.25, -0.2) is 5.84 Å². The van der Waals surface area contributed by atoms with Crippen molar-refractivity contribution in [3.63, 3.8) is 0 Å². The standard InChI is InChI=1S/C11H10N4O5/c12-14-11(16)7-4-8(19-5-7)6-20-9-2-1-3-13-10(9)15(17)18/h1-5H,6,12H2,(H,14,16). The fourth-order valence-corrected chi connectivity index (χ4v) is 1.44. The van der Waals surface area contributed by atoms with Crippen molar-refractivity contribution in [3.8, 4) is 5.75 Å². The summed E-state index contributed by atoms with van der Waals surface area (Å²) in [7, 11) is 0. The van der Waals surface area contributed by atoms with Crippen molar-refractivity contribution in [2.45, 2.75) is 6.61 Å². The average molecular weight is 278 g/mol. The summed E-state index contributed by atoms with van der Waals surface area (Å²) in [5, 5.41) is 10.7. The third-order valence-electron chi connectivity index (χ3n) is 2.34. The van der Waals surface area contributed by atoms with E-state index in [-0.39, 0.29) is 23.7 Å². The average Bonchev–Trinajstić information content (AvgIpc) is 2.93. The maximum atomic E-state index is 11.2. The Morgan fingerprint density at radius 1 is 1.60 bits per heavy atom. The Balaban J connectivity index is 2.07. The molecule has 3 N–H and O–H groups in total. The molecule has 0 aliphatic rings. The van der Waals surface area contributed by atoms with E-state index in [4.69, 9.17) is 15.0 Å². The number of hydrogen-bond donors (Lipinski definition) is 2. The molecule has 0 fully saturated rings. The number of aromatic nitrogens is 1. The van der Waals surface area contributed by atoms with Crippen LogP contribution in [0.1, 0.15) is 16.1 Å². The molecule has 1 amide bonds. The van der Waals surface area contributed by atoms with Gasteiger partial charge in [0, 0.05) is 0 Å². The SMILES string of the molecule is NNC(=O)c1coc(COc2cccnc2[N+](=O)[O-])c1. The molecular weight excluding hydrogens is 268 g/mol. The van der Waals surface area contributed by atoms with E-state index < -0.39 is 10.8 Å². The third-order valence-corrected chi connectivity index (χ3v) is 2.34. The molecule has 9 nitrogen and oxygen atoms in total. The maximum absolute atomic E-state index is 11.2. The molecule has 0 spiro atoms. The molecule has 9 heteroatoms. The van der Waals surface area contributed by atoms with Gasteiger partial charge in [0.15, 0.2) is 0 Å². The van der Waals surface area contributed by atoms with Crippen LogP contribution >= 0.6 is 0 Å². The fraction of sp³-hybridized carbons (Fsp3) is 0.0909. The van der Waals surface area contributed by atoms with E-state index in [2.05, 4.69) is 4.98 Å². The van der Waals surface area contributed by atoms with Crippen LogP contribution in [0, 0.1) is 10.1 Å². The van der Waals surface area contributed by atoms with Crippen molar-refractivity contribution >= 4 is 11.7 Å². The van der Waals surface area contributed by atoms with Crippen molar-refractivity contribution in [2.24, 2.45) is 5.84 Å². The quantitative estimate of drug-likeness (QED) is 0.357. The Kier molecular flexibility index (Phi) is 3.91. The largest absolute Gasteiger partial charge is 0.477 e. The number of nitro groups is 1. The Morgan fingerprint density at radius 2 is 2.40 bits per heavy atom. The van der Waals surface area contributed by atoms with Crippen molar-refractivity contribution in [1.29, 1.82) is 0 Å². The van der Waals surface area contributed by atoms with Gasteiger partial charge in [-0.3, -0.25) is 10.2 Å². The minimum atomic E-state index is -0.648. The van der Waals surface area contributed by atoms with E-state index in [0.717, 1.165) is 0 Å². The lowest BCUT2D eigenvalue weighted by atomic mass is 10.3. The molecule has 0 saturated carbocycles. The van der Waals surface area contributed by atoms with Gasteiger partial charge in [-0.2, -0.15) is 0 Å². The van der Waals surface area contributed by atoms with Gasteiger partial charge in [0.2, 0.25) is 5.75 Å². The van der Waals surface area contributed by atoms with Gasteiger partial charge < -0.3 is 19.3 Å². The highest BCUT2D eigenvalue weighted by Gasteiger charge is 2.16. The Bertz CT molecular complexity index is 639. The first-order chi connectivity index (χ1) is 9.61. The number of carbonyl (C=O) groups is 1. The zero-order chi connectivity index (χ0) is 14.5. The van der Waals surface area contributed by atoms with E-state index in [0.29, 0.717) is 5.76 Å². The molecule has 20 heavy (non-hydrogen) atoms. The molecule has 0 aromatic carbocycles. The number of ether oxygens (including phenoxy) is 1. The van der Waals surface area contributed by atoms with Gasteiger partial charge in [0.25, 0.3) is 5.91 Å². The van der Waals surface area contributed by atoms with Crippen LogP contribution in [-0.2, 0) is 6.61 Å². The predicted molar refractivity (Wildman–Crippen MR) is 65.6 cm³/mol. The molecule has 104 valence electrons. The lowest BCUT2D eigenvalue weighted by Crippen LogP contribution is -2.29. The highest BCUT2D eigenvalue weighted by atomic mass is 16.6. The number of nitrogens with zero attached hydrogens (tertiary/aromatic N) is 2. The molecule has 0 aliphatic heterocycles. The number of nitrogens with one attached hydrogen (secondary N) is 1.